The second kappa shape index (κ2) is 4.78. The summed E-state index contributed by atoms with van der Waals surface area (Å²) in [6.45, 7) is 5.39. The van der Waals surface area contributed by atoms with E-state index in [2.05, 4.69) is 0 Å². The Morgan fingerprint density at radius 1 is 1.35 bits per heavy atom. The van der Waals surface area contributed by atoms with Gasteiger partial charge >= 0.3 is 0 Å². The van der Waals surface area contributed by atoms with Gasteiger partial charge in [0.05, 0.1) is 0 Å². The molecule has 0 aromatic heterocycles. The molecule has 1 atom stereocenters. The van der Waals surface area contributed by atoms with Crippen LogP contribution in [0.15, 0.2) is 24.3 Å². The Morgan fingerprint density at radius 3 is 2.59 bits per heavy atom. The molecule has 0 bridgehead atoms. The summed E-state index contributed by atoms with van der Waals surface area (Å²) in [5.41, 5.74) is 1.36. The van der Waals surface area contributed by atoms with E-state index in [0.29, 0.717) is 5.56 Å². The number of alkyl halides is 1. The highest BCUT2D eigenvalue weighted by atomic mass is 32.2. The van der Waals surface area contributed by atoms with Crippen LogP contribution < -0.4 is 0 Å². The predicted molar refractivity (Wildman–Crippen MR) is 68.8 cm³/mol. The van der Waals surface area contributed by atoms with Crippen LogP contribution in [-0.4, -0.2) is 28.2 Å². The predicted octanol–water partition coefficient (Wildman–Crippen LogP) is 3.08. The second-order valence-electron chi connectivity index (χ2n) is 4.10. The van der Waals surface area contributed by atoms with Gasteiger partial charge in [-0.3, -0.25) is 4.79 Å². The van der Waals surface area contributed by atoms with E-state index in [0.717, 1.165) is 30.6 Å². The van der Waals surface area contributed by atoms with Gasteiger partial charge in [-0.25, -0.2) is 8.70 Å². The maximum absolute atomic E-state index is 14.7. The quantitative estimate of drug-likeness (QED) is 0.769. The van der Waals surface area contributed by atoms with Crippen LogP contribution in [0.1, 0.15) is 29.8 Å². The Bertz CT molecular complexity index is 433. The molecule has 17 heavy (non-hydrogen) atoms. The highest BCUT2D eigenvalue weighted by molar-refractivity contribution is 7.99. The molecule has 0 N–H and O–H groups in total. The number of halogens is 1. The first-order chi connectivity index (χ1) is 8.10. The number of fused-ring (bicyclic) bond motifs is 1. The van der Waals surface area contributed by atoms with Crippen LogP contribution in [0.4, 0.5) is 4.39 Å². The number of ketones is 1. The van der Waals surface area contributed by atoms with E-state index < -0.39 is 5.00 Å². The third-order valence-corrected chi connectivity index (χ3v) is 4.39. The molecule has 0 fully saturated rings. The molecule has 2 rings (SSSR count). The third-order valence-electron chi connectivity index (χ3n) is 3.00. The first kappa shape index (κ1) is 12.6. The van der Waals surface area contributed by atoms with Crippen molar-refractivity contribution in [1.82, 2.24) is 4.31 Å². The van der Waals surface area contributed by atoms with Crippen LogP contribution in [0, 0.1) is 0 Å². The summed E-state index contributed by atoms with van der Waals surface area (Å²) < 4.78 is 16.6. The molecule has 0 amide bonds. The van der Waals surface area contributed by atoms with Crippen LogP contribution in [0.25, 0.3) is 0 Å². The third kappa shape index (κ3) is 2.24. The fourth-order valence-corrected chi connectivity index (χ4v) is 3.13. The first-order valence-electron chi connectivity index (χ1n) is 5.86. The fraction of sp³-hybridized carbons (Fsp3) is 0.462. The highest BCUT2D eigenvalue weighted by Crippen LogP contribution is 2.42. The zero-order valence-corrected chi connectivity index (χ0v) is 10.9. The van der Waals surface area contributed by atoms with Gasteiger partial charge < -0.3 is 0 Å². The Kier molecular flexibility index (Phi) is 3.54. The lowest BCUT2D eigenvalue weighted by molar-refractivity contribution is 0.0860. The molecule has 4 heteroatoms. The summed E-state index contributed by atoms with van der Waals surface area (Å²) in [5.74, 6) is -0.384. The summed E-state index contributed by atoms with van der Waals surface area (Å²) in [5, 5.41) is -1.81. The van der Waals surface area contributed by atoms with E-state index >= 15 is 0 Å². The zero-order chi connectivity index (χ0) is 12.5. The number of benzene rings is 1. The van der Waals surface area contributed by atoms with Crippen molar-refractivity contribution in [1.29, 1.82) is 0 Å². The minimum atomic E-state index is -1.81. The fourth-order valence-electron chi connectivity index (χ4n) is 2.05. The molecule has 0 radical (unpaired) electrons. The zero-order valence-electron chi connectivity index (χ0n) is 10.1. The average molecular weight is 253 g/mol. The number of carbonyl (C=O) groups excluding carboxylic acids is 1. The van der Waals surface area contributed by atoms with Gasteiger partial charge in [0, 0.05) is 25.1 Å². The van der Waals surface area contributed by atoms with E-state index in [9.17, 15) is 9.18 Å². The topological polar surface area (TPSA) is 20.3 Å². The van der Waals surface area contributed by atoms with Crippen molar-refractivity contribution >= 4 is 17.7 Å². The molecular weight excluding hydrogens is 237 g/mol. The van der Waals surface area contributed by atoms with Crippen LogP contribution in [0.2, 0.25) is 0 Å². The summed E-state index contributed by atoms with van der Waals surface area (Å²) in [6.07, 6.45) is 0.184. The molecule has 1 aliphatic carbocycles. The van der Waals surface area contributed by atoms with Crippen molar-refractivity contribution < 1.29 is 9.18 Å². The van der Waals surface area contributed by atoms with Crippen LogP contribution in [0.3, 0.4) is 0 Å². The molecular formula is C13H16FNOS. The maximum atomic E-state index is 14.7. The standard InChI is InChI=1S/C13H16FNOS/c1-3-15(4-2)17-13(14)9-10-7-5-6-8-11(10)12(13)16/h5-8H,3-4,9H2,1-2H3. The largest absolute Gasteiger partial charge is 0.289 e. The van der Waals surface area contributed by atoms with E-state index in [1.54, 1.807) is 12.1 Å². The van der Waals surface area contributed by atoms with Crippen molar-refractivity contribution in [3.8, 4) is 0 Å². The Morgan fingerprint density at radius 2 is 2.00 bits per heavy atom. The number of carbonyl (C=O) groups is 1. The van der Waals surface area contributed by atoms with Gasteiger partial charge in [-0.15, -0.1) is 0 Å². The molecule has 1 aromatic rings. The summed E-state index contributed by atoms with van der Waals surface area (Å²) >= 11 is 1.04. The van der Waals surface area contributed by atoms with Gasteiger partial charge in [0.2, 0.25) is 10.8 Å². The lowest BCUT2D eigenvalue weighted by atomic mass is 10.1. The van der Waals surface area contributed by atoms with Gasteiger partial charge in [0.25, 0.3) is 0 Å². The maximum Gasteiger partial charge on any atom is 0.236 e. The first-order valence-corrected chi connectivity index (χ1v) is 6.63. The van der Waals surface area contributed by atoms with Crippen LogP contribution >= 0.6 is 11.9 Å². The molecule has 2 nitrogen and oxygen atoms in total. The smallest absolute Gasteiger partial charge is 0.236 e. The number of Topliss-reactive ketones (excluding diaryl/α,β-unsaturated/α-hetero) is 1. The van der Waals surface area contributed by atoms with Gasteiger partial charge in [-0.05, 0) is 17.5 Å². The van der Waals surface area contributed by atoms with Crippen molar-refractivity contribution in [3.05, 3.63) is 35.4 Å². The van der Waals surface area contributed by atoms with Gasteiger partial charge in [-0.2, -0.15) is 0 Å². The van der Waals surface area contributed by atoms with E-state index in [1.165, 1.54) is 0 Å². The summed E-state index contributed by atoms with van der Waals surface area (Å²) in [6, 6.07) is 7.17. The summed E-state index contributed by atoms with van der Waals surface area (Å²) in [7, 11) is 0. The molecule has 0 saturated heterocycles. The van der Waals surface area contributed by atoms with E-state index in [-0.39, 0.29) is 12.2 Å². The minimum absolute atomic E-state index is 0.184. The minimum Gasteiger partial charge on any atom is -0.289 e. The normalized spacial score (nSPS) is 23.2. The molecule has 92 valence electrons. The van der Waals surface area contributed by atoms with Crippen molar-refractivity contribution in [2.75, 3.05) is 13.1 Å². The summed E-state index contributed by atoms with van der Waals surface area (Å²) in [4.78, 5) is 12.1. The lowest BCUT2D eigenvalue weighted by Gasteiger charge is -2.25. The average Bonchev–Trinajstić information content (AvgIpc) is 2.60. The lowest BCUT2D eigenvalue weighted by Crippen LogP contribution is -2.32. The molecule has 0 spiro atoms. The Hall–Kier alpha value is -0.870. The van der Waals surface area contributed by atoms with Gasteiger partial charge in [0.1, 0.15) is 0 Å². The molecule has 1 aliphatic rings. The number of nitrogens with zero attached hydrogens (tertiary/aromatic N) is 1. The number of hydrogen-bond acceptors (Lipinski definition) is 3. The van der Waals surface area contributed by atoms with Crippen molar-refractivity contribution in [3.63, 3.8) is 0 Å². The van der Waals surface area contributed by atoms with Crippen molar-refractivity contribution in [2.24, 2.45) is 0 Å². The molecule has 1 unspecified atom stereocenters. The molecule has 1 aromatic carbocycles. The number of rotatable bonds is 4. The SMILES string of the molecule is CCN(CC)SC1(F)Cc2ccccc2C1=O. The molecule has 0 heterocycles. The second-order valence-corrected chi connectivity index (χ2v) is 5.44. The van der Waals surface area contributed by atoms with Gasteiger partial charge in [0.15, 0.2) is 0 Å². The van der Waals surface area contributed by atoms with E-state index in [4.69, 9.17) is 0 Å². The highest BCUT2D eigenvalue weighted by Gasteiger charge is 2.47. The number of hydrogen-bond donors (Lipinski definition) is 0. The Labute approximate surface area is 105 Å². The van der Waals surface area contributed by atoms with Gasteiger partial charge in [-0.1, -0.05) is 38.1 Å². The van der Waals surface area contributed by atoms with E-state index in [1.807, 2.05) is 30.3 Å². The van der Waals surface area contributed by atoms with Crippen molar-refractivity contribution in [2.45, 2.75) is 25.3 Å². The van der Waals surface area contributed by atoms with Crippen LogP contribution in [0.5, 0.6) is 0 Å². The van der Waals surface area contributed by atoms with Crippen LogP contribution in [-0.2, 0) is 6.42 Å². The Balaban J connectivity index is 2.23. The monoisotopic (exact) mass is 253 g/mol. The molecule has 0 saturated carbocycles. The molecule has 0 aliphatic heterocycles.